The van der Waals surface area contributed by atoms with E-state index in [0.717, 1.165) is 63.1 Å². The molecule has 0 aliphatic carbocycles. The normalized spacial score (nSPS) is 11.8. The second kappa shape index (κ2) is 14.3. The van der Waals surface area contributed by atoms with Crippen LogP contribution in [0.5, 0.6) is 11.5 Å². The number of pyridine rings is 1. The summed E-state index contributed by atoms with van der Waals surface area (Å²) >= 11 is 0. The number of benzene rings is 4. The summed E-state index contributed by atoms with van der Waals surface area (Å²) in [6, 6.07) is 35.0. The van der Waals surface area contributed by atoms with Crippen molar-refractivity contribution in [3.8, 4) is 34.1 Å². The van der Waals surface area contributed by atoms with Crippen molar-refractivity contribution in [2.45, 2.75) is 86.5 Å². The third kappa shape index (κ3) is 6.68. The van der Waals surface area contributed by atoms with Crippen LogP contribution in [-0.2, 0) is 38.7 Å². The van der Waals surface area contributed by atoms with Crippen LogP contribution in [0.1, 0.15) is 88.0 Å². The summed E-state index contributed by atoms with van der Waals surface area (Å²) in [4.78, 5) is 4.81. The van der Waals surface area contributed by atoms with E-state index in [0.29, 0.717) is 17.4 Å². The molecule has 7 rings (SSSR count). The van der Waals surface area contributed by atoms with Crippen LogP contribution in [0.25, 0.3) is 44.4 Å². The Hall–Kier alpha value is -4.50. The molecule has 0 amide bonds. The number of aromatic nitrogens is 4. The molecule has 0 aliphatic heterocycles. The molecule has 262 valence electrons. The van der Waals surface area contributed by atoms with E-state index in [-0.39, 0.29) is 25.8 Å². The van der Waals surface area contributed by atoms with E-state index in [2.05, 4.69) is 152 Å². The molecule has 0 saturated carbocycles. The van der Waals surface area contributed by atoms with E-state index in [1.165, 1.54) is 27.8 Å². The number of hydrogen-bond donors (Lipinski definition) is 0. The minimum atomic E-state index is -0.127. The Balaban J connectivity index is 0.00000448. The van der Waals surface area contributed by atoms with Crippen molar-refractivity contribution in [3.63, 3.8) is 0 Å². The summed E-state index contributed by atoms with van der Waals surface area (Å²) in [5, 5.41) is 7.38. The van der Waals surface area contributed by atoms with Gasteiger partial charge in [-0.2, -0.15) is 11.2 Å². The first-order valence-corrected chi connectivity index (χ1v) is 17.8. The third-order valence-corrected chi connectivity index (χ3v) is 9.91. The molecule has 0 saturated heterocycles. The maximum Gasteiger partial charge on any atom is 2.00 e. The number of rotatable bonds is 8. The smallest absolute Gasteiger partial charge is 0.509 e. The van der Waals surface area contributed by atoms with Gasteiger partial charge in [-0.05, 0) is 89.5 Å². The van der Waals surface area contributed by atoms with Gasteiger partial charge >= 0.3 is 20.4 Å². The molecule has 0 N–H and O–H groups in total. The molecular weight excluding hydrogens is 719 g/mol. The molecule has 3 aromatic heterocycles. The Morgan fingerprint density at radius 3 is 2.20 bits per heavy atom. The van der Waals surface area contributed by atoms with Crippen molar-refractivity contribution >= 4 is 21.8 Å². The van der Waals surface area contributed by atoms with Crippen LogP contribution in [0.2, 0.25) is 0 Å². The standard InChI is InChI=1S/C45H46N4O.Pd/c1-10-31-15-14-16-32(11-2)44(31)43-29(5)47-49(30(43)6)35-24-34(45(7,8)9)25-37(26-35)50-36-19-20-39-38-17-12-13-18-40(38)48(41(39)27-36)42-23-33(28(3)4)21-22-46-42;/h12-25,28H,10-11H2,1-9H3;/q-2;+2. The average Bonchev–Trinajstić information content (AvgIpc) is 3.59. The predicted octanol–water partition coefficient (Wildman–Crippen LogP) is 11.6. The maximum atomic E-state index is 6.68. The number of ether oxygens (including phenoxy) is 1. The van der Waals surface area contributed by atoms with E-state index in [4.69, 9.17) is 14.8 Å². The van der Waals surface area contributed by atoms with Gasteiger partial charge in [0, 0.05) is 34.5 Å². The van der Waals surface area contributed by atoms with Crippen molar-refractivity contribution in [2.24, 2.45) is 0 Å². The van der Waals surface area contributed by atoms with Gasteiger partial charge in [0.25, 0.3) is 0 Å². The van der Waals surface area contributed by atoms with Crippen LogP contribution in [0.3, 0.4) is 0 Å². The van der Waals surface area contributed by atoms with E-state index in [1.807, 2.05) is 16.9 Å². The molecule has 0 radical (unpaired) electrons. The van der Waals surface area contributed by atoms with Gasteiger partial charge in [0.15, 0.2) is 0 Å². The summed E-state index contributed by atoms with van der Waals surface area (Å²) in [5.74, 6) is 2.51. The number of fused-ring (bicyclic) bond motifs is 3. The fraction of sp³-hybridized carbons (Fsp3) is 0.289. The SMILES string of the molecule is CCc1cccc(CC)c1-c1c(C)nn(-c2[c-]c(Oc3[c-]c4c(cc3)c3ccccc3n4-c3cc(C(C)C)ccn3)cc(C(C)(C)C)c2)c1C.[Pd+2]. The molecular formula is C45H46N4OPd. The van der Waals surface area contributed by atoms with Gasteiger partial charge in [-0.1, -0.05) is 90.4 Å². The number of para-hydroxylation sites is 1. The van der Waals surface area contributed by atoms with Crippen molar-refractivity contribution in [1.82, 2.24) is 19.3 Å². The molecule has 0 bridgehead atoms. The largest absolute Gasteiger partial charge is 2.00 e. The molecule has 0 unspecified atom stereocenters. The summed E-state index contributed by atoms with van der Waals surface area (Å²) in [6.07, 6.45) is 3.83. The average molecular weight is 765 g/mol. The molecule has 0 aliphatic rings. The molecule has 3 heterocycles. The van der Waals surface area contributed by atoms with Gasteiger partial charge in [-0.25, -0.2) is 4.98 Å². The summed E-state index contributed by atoms with van der Waals surface area (Å²) < 4.78 is 10.9. The first-order valence-electron chi connectivity index (χ1n) is 17.8. The number of hydrogen-bond acceptors (Lipinski definition) is 3. The minimum Gasteiger partial charge on any atom is -0.509 e. The van der Waals surface area contributed by atoms with Crippen molar-refractivity contribution < 1.29 is 25.2 Å². The molecule has 0 spiro atoms. The summed E-state index contributed by atoms with van der Waals surface area (Å²) in [5.41, 5.74) is 12.5. The Morgan fingerprint density at radius 2 is 1.51 bits per heavy atom. The van der Waals surface area contributed by atoms with Crippen LogP contribution in [0, 0.1) is 26.0 Å². The first-order chi connectivity index (χ1) is 24.0. The second-order valence-corrected chi connectivity index (χ2v) is 14.6. The van der Waals surface area contributed by atoms with E-state index < -0.39 is 0 Å². The Kier molecular flexibility index (Phi) is 10.1. The quantitative estimate of drug-likeness (QED) is 0.114. The Morgan fingerprint density at radius 1 is 0.784 bits per heavy atom. The number of aryl methyl sites for hydroxylation is 3. The molecule has 51 heavy (non-hydrogen) atoms. The predicted molar refractivity (Wildman–Crippen MR) is 206 cm³/mol. The molecule has 6 heteroatoms. The maximum absolute atomic E-state index is 6.68. The summed E-state index contributed by atoms with van der Waals surface area (Å²) in [7, 11) is 0. The zero-order chi connectivity index (χ0) is 35.3. The van der Waals surface area contributed by atoms with Crippen LogP contribution < -0.4 is 4.74 Å². The topological polar surface area (TPSA) is 44.9 Å². The fourth-order valence-electron chi connectivity index (χ4n) is 7.14. The summed E-state index contributed by atoms with van der Waals surface area (Å²) in [6.45, 7) is 19.8. The van der Waals surface area contributed by atoms with E-state index in [1.54, 1.807) is 0 Å². The number of nitrogens with zero attached hydrogens (tertiary/aromatic N) is 4. The molecule has 0 atom stereocenters. The van der Waals surface area contributed by atoms with Crippen LogP contribution >= 0.6 is 0 Å². The zero-order valence-electron chi connectivity index (χ0n) is 31.1. The van der Waals surface area contributed by atoms with Crippen molar-refractivity contribution in [2.75, 3.05) is 0 Å². The molecule has 0 fully saturated rings. The van der Waals surface area contributed by atoms with Gasteiger partial charge in [0.2, 0.25) is 0 Å². The van der Waals surface area contributed by atoms with Crippen LogP contribution in [0.4, 0.5) is 0 Å². The Labute approximate surface area is 316 Å². The van der Waals surface area contributed by atoms with E-state index in [9.17, 15) is 0 Å². The minimum absolute atomic E-state index is 0. The third-order valence-electron chi connectivity index (χ3n) is 9.91. The molecule has 7 aromatic rings. The van der Waals surface area contributed by atoms with Crippen LogP contribution in [0.15, 0.2) is 85.1 Å². The van der Waals surface area contributed by atoms with Gasteiger partial charge < -0.3 is 9.30 Å². The van der Waals surface area contributed by atoms with Gasteiger partial charge in [-0.15, -0.1) is 41.3 Å². The second-order valence-electron chi connectivity index (χ2n) is 14.6. The monoisotopic (exact) mass is 764 g/mol. The van der Waals surface area contributed by atoms with E-state index >= 15 is 0 Å². The van der Waals surface area contributed by atoms with Gasteiger partial charge in [-0.3, -0.25) is 4.68 Å². The molecule has 5 nitrogen and oxygen atoms in total. The van der Waals surface area contributed by atoms with Crippen molar-refractivity contribution in [3.05, 3.63) is 131 Å². The zero-order valence-corrected chi connectivity index (χ0v) is 32.6. The van der Waals surface area contributed by atoms with Crippen molar-refractivity contribution in [1.29, 1.82) is 0 Å². The Bertz CT molecular complexity index is 2350. The molecule has 4 aromatic carbocycles. The first kappa shape index (κ1) is 36.3. The van der Waals surface area contributed by atoms with Gasteiger partial charge in [0.05, 0.1) is 5.69 Å². The fourth-order valence-corrected chi connectivity index (χ4v) is 7.14. The van der Waals surface area contributed by atoms with Crippen LogP contribution in [-0.4, -0.2) is 19.3 Å². The van der Waals surface area contributed by atoms with Gasteiger partial charge in [0.1, 0.15) is 5.82 Å².